The molecule has 0 amide bonds. The average molecular weight is 239 g/mol. The highest BCUT2D eigenvalue weighted by molar-refractivity contribution is 5.63. The second-order valence-corrected chi connectivity index (χ2v) is 3.89. The van der Waals surface area contributed by atoms with Crippen LogP contribution in [-0.4, -0.2) is 15.0 Å². The molecule has 3 nitrogen and oxygen atoms in total. The highest BCUT2D eigenvalue weighted by atomic mass is 19.1. The molecule has 2 heterocycles. The van der Waals surface area contributed by atoms with Crippen LogP contribution in [0.1, 0.15) is 0 Å². The SMILES string of the molecule is Fc1ccc(-c2ncc(-c3cccnc3)[nH]2)cc1. The Morgan fingerprint density at radius 2 is 1.78 bits per heavy atom. The second-order valence-electron chi connectivity index (χ2n) is 3.89. The lowest BCUT2D eigenvalue weighted by atomic mass is 10.2. The predicted molar refractivity (Wildman–Crippen MR) is 67.2 cm³/mol. The van der Waals surface area contributed by atoms with Gasteiger partial charge in [-0.25, -0.2) is 9.37 Å². The lowest BCUT2D eigenvalue weighted by molar-refractivity contribution is 0.628. The number of pyridine rings is 1. The van der Waals surface area contributed by atoms with E-state index in [4.69, 9.17) is 0 Å². The van der Waals surface area contributed by atoms with Gasteiger partial charge >= 0.3 is 0 Å². The average Bonchev–Trinajstić information content (AvgIpc) is 2.90. The zero-order valence-corrected chi connectivity index (χ0v) is 9.47. The summed E-state index contributed by atoms with van der Waals surface area (Å²) in [6.45, 7) is 0. The van der Waals surface area contributed by atoms with Crippen molar-refractivity contribution in [3.05, 3.63) is 60.8 Å². The van der Waals surface area contributed by atoms with Gasteiger partial charge in [-0.1, -0.05) is 0 Å². The van der Waals surface area contributed by atoms with E-state index < -0.39 is 0 Å². The van der Waals surface area contributed by atoms with Gasteiger partial charge in [0.25, 0.3) is 0 Å². The van der Waals surface area contributed by atoms with Crippen LogP contribution in [0.15, 0.2) is 55.0 Å². The maximum atomic E-state index is 12.8. The first-order chi connectivity index (χ1) is 8.83. The van der Waals surface area contributed by atoms with Gasteiger partial charge in [-0.15, -0.1) is 0 Å². The highest BCUT2D eigenvalue weighted by Gasteiger charge is 2.05. The van der Waals surface area contributed by atoms with Crippen LogP contribution in [0.2, 0.25) is 0 Å². The lowest BCUT2D eigenvalue weighted by Gasteiger charge is -1.97. The van der Waals surface area contributed by atoms with Crippen LogP contribution in [0.5, 0.6) is 0 Å². The normalized spacial score (nSPS) is 10.5. The molecule has 4 heteroatoms. The van der Waals surface area contributed by atoms with Crippen LogP contribution >= 0.6 is 0 Å². The number of hydrogen-bond acceptors (Lipinski definition) is 2. The molecule has 0 fully saturated rings. The van der Waals surface area contributed by atoms with Crippen molar-refractivity contribution < 1.29 is 4.39 Å². The van der Waals surface area contributed by atoms with Crippen molar-refractivity contribution in [2.45, 2.75) is 0 Å². The summed E-state index contributed by atoms with van der Waals surface area (Å²) in [5.41, 5.74) is 2.72. The summed E-state index contributed by atoms with van der Waals surface area (Å²) in [4.78, 5) is 11.5. The number of H-pyrrole nitrogens is 1. The topological polar surface area (TPSA) is 41.6 Å². The van der Waals surface area contributed by atoms with Crippen molar-refractivity contribution in [2.75, 3.05) is 0 Å². The zero-order valence-electron chi connectivity index (χ0n) is 9.47. The summed E-state index contributed by atoms with van der Waals surface area (Å²) in [7, 11) is 0. The van der Waals surface area contributed by atoms with Crippen LogP contribution < -0.4 is 0 Å². The van der Waals surface area contributed by atoms with Gasteiger partial charge in [-0.3, -0.25) is 4.98 Å². The first-order valence-electron chi connectivity index (χ1n) is 5.54. The number of nitrogens with zero attached hydrogens (tertiary/aromatic N) is 2. The summed E-state index contributed by atoms with van der Waals surface area (Å²) >= 11 is 0. The maximum absolute atomic E-state index is 12.8. The van der Waals surface area contributed by atoms with Crippen molar-refractivity contribution in [3.63, 3.8) is 0 Å². The molecule has 0 spiro atoms. The number of rotatable bonds is 2. The Balaban J connectivity index is 1.97. The van der Waals surface area contributed by atoms with Crippen molar-refractivity contribution in [1.82, 2.24) is 15.0 Å². The van der Waals surface area contributed by atoms with Crippen LogP contribution in [0.3, 0.4) is 0 Å². The van der Waals surface area contributed by atoms with Gasteiger partial charge in [0.05, 0.1) is 11.9 Å². The maximum Gasteiger partial charge on any atom is 0.137 e. The Kier molecular flexibility index (Phi) is 2.61. The van der Waals surface area contributed by atoms with Crippen molar-refractivity contribution >= 4 is 0 Å². The minimum absolute atomic E-state index is 0.252. The Morgan fingerprint density at radius 1 is 0.944 bits per heavy atom. The third kappa shape index (κ3) is 2.00. The van der Waals surface area contributed by atoms with Crippen molar-refractivity contribution in [1.29, 1.82) is 0 Å². The molecule has 0 unspecified atom stereocenters. The number of nitrogens with one attached hydrogen (secondary N) is 1. The van der Waals surface area contributed by atoms with Gasteiger partial charge in [-0.2, -0.15) is 0 Å². The largest absolute Gasteiger partial charge is 0.338 e. The smallest absolute Gasteiger partial charge is 0.137 e. The molecule has 0 aliphatic carbocycles. The van der Waals surface area contributed by atoms with Gasteiger partial charge < -0.3 is 4.98 Å². The Labute approximate surface area is 103 Å². The molecule has 18 heavy (non-hydrogen) atoms. The standard InChI is InChI=1S/C14H10FN3/c15-12-5-3-10(4-6-12)14-17-9-13(18-14)11-2-1-7-16-8-11/h1-9H,(H,17,18). The Bertz CT molecular complexity index is 644. The van der Waals surface area contributed by atoms with Crippen LogP contribution in [0.25, 0.3) is 22.6 Å². The molecule has 0 radical (unpaired) electrons. The summed E-state index contributed by atoms with van der Waals surface area (Å²) < 4.78 is 12.8. The molecule has 3 rings (SSSR count). The molecule has 0 saturated carbocycles. The van der Waals surface area contributed by atoms with E-state index in [1.54, 1.807) is 30.7 Å². The Hall–Kier alpha value is -2.49. The molecular weight excluding hydrogens is 229 g/mol. The molecule has 0 aliphatic rings. The molecule has 0 atom stereocenters. The molecule has 1 N–H and O–H groups in total. The van der Waals surface area contributed by atoms with E-state index in [1.165, 1.54) is 12.1 Å². The molecule has 88 valence electrons. The lowest BCUT2D eigenvalue weighted by Crippen LogP contribution is -1.82. The van der Waals surface area contributed by atoms with E-state index in [2.05, 4.69) is 15.0 Å². The third-order valence-electron chi connectivity index (χ3n) is 2.67. The summed E-state index contributed by atoms with van der Waals surface area (Å²) in [6, 6.07) is 10.0. The fourth-order valence-corrected chi connectivity index (χ4v) is 1.74. The zero-order chi connectivity index (χ0) is 12.4. The molecule has 3 aromatic rings. The van der Waals surface area contributed by atoms with Gasteiger partial charge in [-0.05, 0) is 36.4 Å². The fourth-order valence-electron chi connectivity index (χ4n) is 1.74. The number of hydrogen-bond donors (Lipinski definition) is 1. The van der Waals surface area contributed by atoms with Gasteiger partial charge in [0.2, 0.25) is 0 Å². The fraction of sp³-hybridized carbons (Fsp3) is 0. The van der Waals surface area contributed by atoms with Gasteiger partial charge in [0.1, 0.15) is 11.6 Å². The van der Waals surface area contributed by atoms with Crippen molar-refractivity contribution in [3.8, 4) is 22.6 Å². The van der Waals surface area contributed by atoms with E-state index in [-0.39, 0.29) is 5.82 Å². The highest BCUT2D eigenvalue weighted by Crippen LogP contribution is 2.21. The minimum Gasteiger partial charge on any atom is -0.338 e. The van der Waals surface area contributed by atoms with Crippen LogP contribution in [-0.2, 0) is 0 Å². The number of halogens is 1. The van der Waals surface area contributed by atoms with Gasteiger partial charge in [0, 0.05) is 23.5 Å². The van der Waals surface area contributed by atoms with E-state index in [1.807, 2.05) is 12.1 Å². The number of aromatic nitrogens is 3. The third-order valence-corrected chi connectivity index (χ3v) is 2.67. The molecular formula is C14H10FN3. The first kappa shape index (κ1) is 10.7. The Morgan fingerprint density at radius 3 is 2.50 bits per heavy atom. The number of benzene rings is 1. The van der Waals surface area contributed by atoms with Crippen LogP contribution in [0.4, 0.5) is 4.39 Å². The molecule has 1 aromatic carbocycles. The first-order valence-corrected chi connectivity index (χ1v) is 5.54. The predicted octanol–water partition coefficient (Wildman–Crippen LogP) is 3.28. The quantitative estimate of drug-likeness (QED) is 0.745. The molecule has 0 aliphatic heterocycles. The second kappa shape index (κ2) is 4.41. The molecule has 2 aromatic heterocycles. The number of imidazole rings is 1. The minimum atomic E-state index is -0.252. The molecule has 0 saturated heterocycles. The summed E-state index contributed by atoms with van der Waals surface area (Å²) in [5, 5.41) is 0. The summed E-state index contributed by atoms with van der Waals surface area (Å²) in [5.74, 6) is 0.464. The van der Waals surface area contributed by atoms with Crippen LogP contribution in [0, 0.1) is 5.82 Å². The van der Waals surface area contributed by atoms with E-state index in [0.29, 0.717) is 5.82 Å². The van der Waals surface area contributed by atoms with Gasteiger partial charge in [0.15, 0.2) is 0 Å². The number of aromatic amines is 1. The molecule has 0 bridgehead atoms. The van der Waals surface area contributed by atoms with E-state index in [9.17, 15) is 4.39 Å². The van der Waals surface area contributed by atoms with E-state index >= 15 is 0 Å². The van der Waals surface area contributed by atoms with Crippen molar-refractivity contribution in [2.24, 2.45) is 0 Å². The monoisotopic (exact) mass is 239 g/mol. The summed E-state index contributed by atoms with van der Waals surface area (Å²) in [6.07, 6.45) is 5.23. The van der Waals surface area contributed by atoms with E-state index in [0.717, 1.165) is 16.8 Å².